The summed E-state index contributed by atoms with van der Waals surface area (Å²) < 4.78 is 31.8. The standard InChI is InChI=1S/C20H22N2O4S/c1-16(15-17-5-3-2-4-6-17)20(23)21-18-7-9-19(10-8-18)27(24,25)22-11-13-26-14-12-22/h2-10,15H,11-14H2,1H3,(H,21,23)/b16-15-. The van der Waals surface area contributed by atoms with Crippen LogP contribution in [0.4, 0.5) is 5.69 Å². The molecule has 0 saturated carbocycles. The summed E-state index contributed by atoms with van der Waals surface area (Å²) in [6.07, 6.45) is 1.80. The molecule has 1 N–H and O–H groups in total. The number of carbonyl (C=O) groups is 1. The minimum atomic E-state index is -3.54. The van der Waals surface area contributed by atoms with Crippen LogP contribution < -0.4 is 5.32 Å². The van der Waals surface area contributed by atoms with Gasteiger partial charge in [0.2, 0.25) is 10.0 Å². The molecule has 2 aromatic rings. The average Bonchev–Trinajstić information content (AvgIpc) is 2.70. The molecule has 3 rings (SSSR count). The molecule has 142 valence electrons. The molecular formula is C20H22N2O4S. The lowest BCUT2D eigenvalue weighted by Gasteiger charge is -2.26. The Labute approximate surface area is 159 Å². The maximum Gasteiger partial charge on any atom is 0.251 e. The van der Waals surface area contributed by atoms with Crippen LogP contribution in [0.25, 0.3) is 6.08 Å². The molecule has 1 saturated heterocycles. The van der Waals surface area contributed by atoms with Crippen LogP contribution in [-0.2, 0) is 19.6 Å². The van der Waals surface area contributed by atoms with Crippen molar-refractivity contribution in [1.29, 1.82) is 0 Å². The number of sulfonamides is 1. The molecule has 0 spiro atoms. The van der Waals surface area contributed by atoms with E-state index in [1.54, 1.807) is 25.1 Å². The lowest BCUT2D eigenvalue weighted by Crippen LogP contribution is -2.40. The van der Waals surface area contributed by atoms with E-state index < -0.39 is 10.0 Å². The van der Waals surface area contributed by atoms with Crippen molar-refractivity contribution >= 4 is 27.7 Å². The molecule has 1 aliphatic heterocycles. The zero-order valence-electron chi connectivity index (χ0n) is 15.1. The van der Waals surface area contributed by atoms with E-state index in [0.717, 1.165) is 5.56 Å². The highest BCUT2D eigenvalue weighted by Crippen LogP contribution is 2.20. The van der Waals surface area contributed by atoms with E-state index >= 15 is 0 Å². The molecule has 2 aromatic carbocycles. The van der Waals surface area contributed by atoms with Crippen molar-refractivity contribution < 1.29 is 17.9 Å². The van der Waals surface area contributed by atoms with Crippen LogP contribution in [0.5, 0.6) is 0 Å². The molecule has 1 heterocycles. The Morgan fingerprint density at radius 2 is 1.67 bits per heavy atom. The number of anilines is 1. The molecule has 7 heteroatoms. The third-order valence-electron chi connectivity index (χ3n) is 4.26. The summed E-state index contributed by atoms with van der Waals surface area (Å²) in [6, 6.07) is 15.8. The predicted molar refractivity (Wildman–Crippen MR) is 105 cm³/mol. The average molecular weight is 386 g/mol. The van der Waals surface area contributed by atoms with Crippen LogP contribution in [-0.4, -0.2) is 44.9 Å². The number of amides is 1. The Bertz CT molecular complexity index is 916. The number of carbonyl (C=O) groups excluding carboxylic acids is 1. The fourth-order valence-electron chi connectivity index (χ4n) is 2.74. The molecule has 1 fully saturated rings. The molecule has 0 unspecified atom stereocenters. The van der Waals surface area contributed by atoms with Gasteiger partial charge in [0.25, 0.3) is 5.91 Å². The zero-order valence-corrected chi connectivity index (χ0v) is 15.9. The lowest BCUT2D eigenvalue weighted by atomic mass is 10.1. The molecule has 6 nitrogen and oxygen atoms in total. The summed E-state index contributed by atoms with van der Waals surface area (Å²) in [5.74, 6) is -0.234. The number of nitrogens with one attached hydrogen (secondary N) is 1. The molecule has 0 aromatic heterocycles. The smallest absolute Gasteiger partial charge is 0.251 e. The topological polar surface area (TPSA) is 75.7 Å². The molecule has 27 heavy (non-hydrogen) atoms. The highest BCUT2D eigenvalue weighted by Gasteiger charge is 2.26. The maximum absolute atomic E-state index is 12.6. The molecule has 0 atom stereocenters. The largest absolute Gasteiger partial charge is 0.379 e. The van der Waals surface area contributed by atoms with Gasteiger partial charge in [0, 0.05) is 24.4 Å². The summed E-state index contributed by atoms with van der Waals surface area (Å²) >= 11 is 0. The SMILES string of the molecule is C/C(=C/c1ccccc1)C(=O)Nc1ccc(S(=O)(=O)N2CCOCC2)cc1. The number of hydrogen-bond acceptors (Lipinski definition) is 4. The van der Waals surface area contributed by atoms with E-state index in [2.05, 4.69) is 5.32 Å². The molecule has 0 radical (unpaired) electrons. The molecule has 1 amide bonds. The van der Waals surface area contributed by atoms with Crippen LogP contribution >= 0.6 is 0 Å². The number of nitrogens with zero attached hydrogens (tertiary/aromatic N) is 1. The van der Waals surface area contributed by atoms with Crippen LogP contribution in [0.2, 0.25) is 0 Å². The van der Waals surface area contributed by atoms with Crippen molar-refractivity contribution in [3.63, 3.8) is 0 Å². The Hall–Kier alpha value is -2.48. The van der Waals surface area contributed by atoms with E-state index in [1.807, 2.05) is 30.3 Å². The molecule has 0 aliphatic carbocycles. The van der Waals surface area contributed by atoms with Crippen LogP contribution in [0, 0.1) is 0 Å². The van der Waals surface area contributed by atoms with Gasteiger partial charge in [-0.3, -0.25) is 4.79 Å². The first-order valence-electron chi connectivity index (χ1n) is 8.69. The molecule has 0 bridgehead atoms. The quantitative estimate of drug-likeness (QED) is 0.802. The second kappa shape index (κ2) is 8.47. The Kier molecular flexibility index (Phi) is 6.05. The normalized spacial score (nSPS) is 16.1. The first-order chi connectivity index (χ1) is 13.0. The van der Waals surface area contributed by atoms with Gasteiger partial charge in [-0.2, -0.15) is 4.31 Å². The lowest BCUT2D eigenvalue weighted by molar-refractivity contribution is -0.112. The summed E-state index contributed by atoms with van der Waals surface area (Å²) in [6.45, 7) is 3.25. The Morgan fingerprint density at radius 1 is 1.04 bits per heavy atom. The Morgan fingerprint density at radius 3 is 2.30 bits per heavy atom. The number of morpholine rings is 1. The van der Waals surface area contributed by atoms with Crippen LogP contribution in [0.1, 0.15) is 12.5 Å². The van der Waals surface area contributed by atoms with Crippen molar-refractivity contribution in [3.8, 4) is 0 Å². The number of ether oxygens (including phenoxy) is 1. The highest BCUT2D eigenvalue weighted by molar-refractivity contribution is 7.89. The van der Waals surface area contributed by atoms with Gasteiger partial charge in [0.1, 0.15) is 0 Å². The predicted octanol–water partition coefficient (Wildman–Crippen LogP) is 2.75. The highest BCUT2D eigenvalue weighted by atomic mass is 32.2. The summed E-state index contributed by atoms with van der Waals surface area (Å²) in [7, 11) is -3.54. The summed E-state index contributed by atoms with van der Waals surface area (Å²) in [5.41, 5.74) is 2.05. The van der Waals surface area contributed by atoms with Crippen molar-refractivity contribution in [2.45, 2.75) is 11.8 Å². The van der Waals surface area contributed by atoms with E-state index in [1.165, 1.54) is 16.4 Å². The monoisotopic (exact) mass is 386 g/mol. The fraction of sp³-hybridized carbons (Fsp3) is 0.250. The van der Waals surface area contributed by atoms with Gasteiger partial charge in [0.05, 0.1) is 18.1 Å². The van der Waals surface area contributed by atoms with Crippen LogP contribution in [0.3, 0.4) is 0 Å². The van der Waals surface area contributed by atoms with Crippen molar-refractivity contribution in [2.24, 2.45) is 0 Å². The third kappa shape index (κ3) is 4.82. The second-order valence-electron chi connectivity index (χ2n) is 6.23. The fourth-order valence-corrected chi connectivity index (χ4v) is 4.15. The molecular weight excluding hydrogens is 364 g/mol. The minimum Gasteiger partial charge on any atom is -0.379 e. The van der Waals surface area contributed by atoms with Gasteiger partial charge in [0.15, 0.2) is 0 Å². The van der Waals surface area contributed by atoms with Crippen molar-refractivity contribution in [1.82, 2.24) is 4.31 Å². The van der Waals surface area contributed by atoms with Gasteiger partial charge in [-0.1, -0.05) is 30.3 Å². The van der Waals surface area contributed by atoms with Gasteiger partial charge in [-0.05, 0) is 42.8 Å². The van der Waals surface area contributed by atoms with E-state index in [0.29, 0.717) is 37.6 Å². The number of hydrogen-bond donors (Lipinski definition) is 1. The summed E-state index contributed by atoms with van der Waals surface area (Å²) in [4.78, 5) is 12.5. The maximum atomic E-state index is 12.6. The van der Waals surface area contributed by atoms with E-state index in [9.17, 15) is 13.2 Å². The van der Waals surface area contributed by atoms with Gasteiger partial charge in [-0.15, -0.1) is 0 Å². The first-order valence-corrected chi connectivity index (χ1v) is 10.1. The number of rotatable bonds is 5. The van der Waals surface area contributed by atoms with Gasteiger partial charge < -0.3 is 10.1 Å². The Balaban J connectivity index is 1.68. The third-order valence-corrected chi connectivity index (χ3v) is 6.17. The minimum absolute atomic E-state index is 0.207. The zero-order chi connectivity index (χ0) is 19.3. The molecule has 1 aliphatic rings. The first kappa shape index (κ1) is 19.3. The van der Waals surface area contributed by atoms with E-state index in [4.69, 9.17) is 4.74 Å². The van der Waals surface area contributed by atoms with E-state index in [-0.39, 0.29) is 10.8 Å². The van der Waals surface area contributed by atoms with Gasteiger partial charge in [-0.25, -0.2) is 8.42 Å². The van der Waals surface area contributed by atoms with Gasteiger partial charge >= 0.3 is 0 Å². The van der Waals surface area contributed by atoms with Crippen molar-refractivity contribution in [2.75, 3.05) is 31.6 Å². The van der Waals surface area contributed by atoms with Crippen molar-refractivity contribution in [3.05, 3.63) is 65.7 Å². The second-order valence-corrected chi connectivity index (χ2v) is 8.17. The van der Waals surface area contributed by atoms with Crippen LogP contribution in [0.15, 0.2) is 65.1 Å². The summed E-state index contributed by atoms with van der Waals surface area (Å²) in [5, 5.41) is 2.78. The number of benzene rings is 2.